The second kappa shape index (κ2) is 5.41. The minimum atomic E-state index is -3.40. The highest BCUT2D eigenvalue weighted by molar-refractivity contribution is 7.92. The summed E-state index contributed by atoms with van der Waals surface area (Å²) in [6.45, 7) is 1.91. The van der Waals surface area contributed by atoms with E-state index in [0.717, 1.165) is 6.42 Å². The maximum absolute atomic E-state index is 11.6. The molecule has 0 aromatic heterocycles. The Bertz CT molecular complexity index is 459. The zero-order valence-electron chi connectivity index (χ0n) is 8.90. The first-order valence-corrected chi connectivity index (χ1v) is 6.96. The molecule has 0 unspecified atom stereocenters. The molecule has 16 heavy (non-hydrogen) atoms. The van der Waals surface area contributed by atoms with E-state index in [2.05, 4.69) is 4.72 Å². The molecule has 0 fully saturated rings. The molecule has 90 valence electrons. The van der Waals surface area contributed by atoms with E-state index in [1.807, 2.05) is 6.92 Å². The van der Waals surface area contributed by atoms with Gasteiger partial charge in [-0.2, -0.15) is 0 Å². The predicted molar refractivity (Wildman–Crippen MR) is 65.4 cm³/mol. The average molecular weight is 264 g/mol. The van der Waals surface area contributed by atoms with Crippen LogP contribution in [0.2, 0.25) is 5.02 Å². The molecule has 0 atom stereocenters. The fourth-order valence-corrected chi connectivity index (χ4v) is 2.58. The van der Waals surface area contributed by atoms with Crippen molar-refractivity contribution in [3.63, 3.8) is 0 Å². The van der Waals surface area contributed by atoms with Gasteiger partial charge < -0.3 is 5.11 Å². The molecular formula is C10H14ClNO3S. The Hall–Kier alpha value is -0.940. The highest BCUT2D eigenvalue weighted by atomic mass is 35.5. The van der Waals surface area contributed by atoms with Crippen molar-refractivity contribution in [1.29, 1.82) is 0 Å². The first-order valence-electron chi connectivity index (χ1n) is 4.93. The minimum Gasteiger partial charge on any atom is -0.506 e. The Morgan fingerprint density at radius 2 is 2.12 bits per heavy atom. The summed E-state index contributed by atoms with van der Waals surface area (Å²) >= 11 is 5.70. The summed E-state index contributed by atoms with van der Waals surface area (Å²) in [5.74, 6) is -0.0976. The van der Waals surface area contributed by atoms with Crippen molar-refractivity contribution in [1.82, 2.24) is 0 Å². The van der Waals surface area contributed by atoms with Gasteiger partial charge in [-0.15, -0.1) is 0 Å². The number of aromatic hydroxyl groups is 1. The SMILES string of the molecule is CCCCS(=O)(=O)Nc1cc(Cl)ccc1O. The first-order chi connectivity index (χ1) is 7.44. The van der Waals surface area contributed by atoms with Crippen LogP contribution in [0.1, 0.15) is 19.8 Å². The molecule has 0 aliphatic heterocycles. The molecule has 0 bridgehead atoms. The van der Waals surface area contributed by atoms with Gasteiger partial charge in [-0.1, -0.05) is 24.9 Å². The van der Waals surface area contributed by atoms with Crippen LogP contribution >= 0.6 is 11.6 Å². The summed E-state index contributed by atoms with van der Waals surface area (Å²) in [6, 6.07) is 4.21. The second-order valence-corrected chi connectivity index (χ2v) is 5.71. The van der Waals surface area contributed by atoms with Crippen molar-refractivity contribution in [2.45, 2.75) is 19.8 Å². The lowest BCUT2D eigenvalue weighted by molar-refractivity contribution is 0.477. The average Bonchev–Trinajstić information content (AvgIpc) is 2.20. The van der Waals surface area contributed by atoms with E-state index < -0.39 is 10.0 Å². The summed E-state index contributed by atoms with van der Waals surface area (Å²) in [7, 11) is -3.40. The smallest absolute Gasteiger partial charge is 0.232 e. The number of phenols is 1. The highest BCUT2D eigenvalue weighted by Gasteiger charge is 2.12. The van der Waals surface area contributed by atoms with Crippen LogP contribution in [0.4, 0.5) is 5.69 Å². The number of phenolic OH excluding ortho intramolecular Hbond substituents is 1. The Labute approximate surface area is 100 Å². The van der Waals surface area contributed by atoms with Gasteiger partial charge in [0, 0.05) is 5.02 Å². The summed E-state index contributed by atoms with van der Waals surface area (Å²) in [4.78, 5) is 0. The third-order valence-corrected chi connectivity index (χ3v) is 3.58. The van der Waals surface area contributed by atoms with Gasteiger partial charge in [-0.3, -0.25) is 4.72 Å². The fourth-order valence-electron chi connectivity index (χ4n) is 1.14. The van der Waals surface area contributed by atoms with Crippen molar-refractivity contribution in [3.05, 3.63) is 23.2 Å². The van der Waals surface area contributed by atoms with Crippen LogP contribution in [0.25, 0.3) is 0 Å². The Balaban J connectivity index is 2.83. The molecule has 4 nitrogen and oxygen atoms in total. The van der Waals surface area contributed by atoms with Gasteiger partial charge in [0.1, 0.15) is 5.75 Å². The van der Waals surface area contributed by atoms with Gasteiger partial charge in [0.05, 0.1) is 11.4 Å². The number of nitrogens with one attached hydrogen (secondary N) is 1. The van der Waals surface area contributed by atoms with Crippen molar-refractivity contribution < 1.29 is 13.5 Å². The first kappa shape index (κ1) is 13.1. The molecule has 1 aromatic carbocycles. The molecule has 1 rings (SSSR count). The van der Waals surface area contributed by atoms with E-state index in [1.54, 1.807) is 0 Å². The van der Waals surface area contributed by atoms with Crippen molar-refractivity contribution in [2.75, 3.05) is 10.5 Å². The van der Waals surface area contributed by atoms with Crippen molar-refractivity contribution in [2.24, 2.45) is 0 Å². The van der Waals surface area contributed by atoms with Crippen molar-refractivity contribution >= 4 is 27.3 Å². The van der Waals surface area contributed by atoms with Crippen molar-refractivity contribution in [3.8, 4) is 5.75 Å². The third kappa shape index (κ3) is 3.90. The molecule has 0 aliphatic rings. The standard InChI is InChI=1S/C10H14ClNO3S/c1-2-3-6-16(14,15)12-9-7-8(11)4-5-10(9)13/h4-5,7,12-13H,2-3,6H2,1H3. The lowest BCUT2D eigenvalue weighted by Crippen LogP contribution is -2.16. The topological polar surface area (TPSA) is 66.4 Å². The number of hydrogen-bond acceptors (Lipinski definition) is 3. The molecule has 6 heteroatoms. The van der Waals surface area contributed by atoms with Crippen LogP contribution in [0, 0.1) is 0 Å². The molecule has 0 radical (unpaired) electrons. The Morgan fingerprint density at radius 3 is 2.75 bits per heavy atom. The van der Waals surface area contributed by atoms with E-state index >= 15 is 0 Å². The monoisotopic (exact) mass is 263 g/mol. The molecule has 0 aliphatic carbocycles. The Kier molecular flexibility index (Phi) is 4.44. The van der Waals surface area contributed by atoms with Crippen LogP contribution in [0.3, 0.4) is 0 Å². The third-order valence-electron chi connectivity index (χ3n) is 1.99. The van der Waals surface area contributed by atoms with Crippen LogP contribution < -0.4 is 4.72 Å². The lowest BCUT2D eigenvalue weighted by Gasteiger charge is -2.09. The van der Waals surface area contributed by atoms with E-state index in [1.165, 1.54) is 18.2 Å². The van der Waals surface area contributed by atoms with E-state index in [9.17, 15) is 13.5 Å². The quantitative estimate of drug-likeness (QED) is 0.803. The lowest BCUT2D eigenvalue weighted by atomic mass is 10.3. The maximum atomic E-state index is 11.6. The van der Waals surface area contributed by atoms with Crippen LogP contribution in [-0.4, -0.2) is 19.3 Å². The number of hydrogen-bond donors (Lipinski definition) is 2. The minimum absolute atomic E-state index is 0.0372. The van der Waals surface area contributed by atoms with Crippen LogP contribution in [0.15, 0.2) is 18.2 Å². The van der Waals surface area contributed by atoms with Crippen LogP contribution in [0.5, 0.6) is 5.75 Å². The second-order valence-electron chi connectivity index (χ2n) is 3.44. The summed E-state index contributed by atoms with van der Waals surface area (Å²) < 4.78 is 25.4. The van der Waals surface area contributed by atoms with Gasteiger partial charge in [-0.05, 0) is 24.6 Å². The molecule has 0 spiro atoms. The van der Waals surface area contributed by atoms with Crippen LogP contribution in [-0.2, 0) is 10.0 Å². The Morgan fingerprint density at radius 1 is 1.44 bits per heavy atom. The zero-order chi connectivity index (χ0) is 12.2. The number of unbranched alkanes of at least 4 members (excludes halogenated alkanes) is 1. The van der Waals surface area contributed by atoms with Gasteiger partial charge in [0.2, 0.25) is 10.0 Å². The summed E-state index contributed by atoms with van der Waals surface area (Å²) in [6.07, 6.45) is 1.37. The summed E-state index contributed by atoms with van der Waals surface area (Å²) in [5.41, 5.74) is 0.114. The van der Waals surface area contributed by atoms with E-state index in [-0.39, 0.29) is 17.2 Å². The largest absolute Gasteiger partial charge is 0.506 e. The van der Waals surface area contributed by atoms with Gasteiger partial charge >= 0.3 is 0 Å². The van der Waals surface area contributed by atoms with Gasteiger partial charge in [-0.25, -0.2) is 8.42 Å². The molecule has 0 saturated heterocycles. The molecule has 0 saturated carbocycles. The summed E-state index contributed by atoms with van der Waals surface area (Å²) in [5, 5.41) is 9.80. The molecular weight excluding hydrogens is 250 g/mol. The molecule has 0 heterocycles. The maximum Gasteiger partial charge on any atom is 0.232 e. The van der Waals surface area contributed by atoms with Gasteiger partial charge in [0.25, 0.3) is 0 Å². The number of benzene rings is 1. The number of anilines is 1. The highest BCUT2D eigenvalue weighted by Crippen LogP contribution is 2.27. The fraction of sp³-hybridized carbons (Fsp3) is 0.400. The zero-order valence-corrected chi connectivity index (χ0v) is 10.5. The number of halogens is 1. The molecule has 0 amide bonds. The normalized spacial score (nSPS) is 11.4. The number of sulfonamides is 1. The van der Waals surface area contributed by atoms with E-state index in [4.69, 9.17) is 11.6 Å². The predicted octanol–water partition coefficient (Wildman–Crippen LogP) is 2.59. The van der Waals surface area contributed by atoms with Gasteiger partial charge in [0.15, 0.2) is 0 Å². The molecule has 1 aromatic rings. The van der Waals surface area contributed by atoms with E-state index in [0.29, 0.717) is 11.4 Å². The number of rotatable bonds is 5. The molecule has 2 N–H and O–H groups in total.